The van der Waals surface area contributed by atoms with E-state index in [1.807, 2.05) is 23.5 Å². The van der Waals surface area contributed by atoms with Crippen LogP contribution in [0.1, 0.15) is 29.5 Å². The highest BCUT2D eigenvalue weighted by atomic mass is 32.1. The molecule has 1 unspecified atom stereocenters. The van der Waals surface area contributed by atoms with Crippen LogP contribution in [0.2, 0.25) is 0 Å². The van der Waals surface area contributed by atoms with E-state index in [1.54, 1.807) is 13.3 Å². The summed E-state index contributed by atoms with van der Waals surface area (Å²) in [5.74, 6) is 1.71. The molecule has 1 aliphatic rings. The van der Waals surface area contributed by atoms with Gasteiger partial charge in [0.2, 0.25) is 0 Å². The molecular formula is C17H24N4OS. The van der Waals surface area contributed by atoms with Crippen LogP contribution in [0.15, 0.2) is 45.3 Å². The van der Waals surface area contributed by atoms with Crippen molar-refractivity contribution in [1.82, 2.24) is 15.5 Å². The molecule has 0 aromatic carbocycles. The van der Waals surface area contributed by atoms with Crippen molar-refractivity contribution >= 4 is 17.3 Å². The monoisotopic (exact) mass is 332 g/mol. The van der Waals surface area contributed by atoms with E-state index in [1.165, 1.54) is 30.8 Å². The average molecular weight is 332 g/mol. The van der Waals surface area contributed by atoms with Gasteiger partial charge >= 0.3 is 0 Å². The van der Waals surface area contributed by atoms with Crippen LogP contribution in [0.25, 0.3) is 0 Å². The van der Waals surface area contributed by atoms with Crippen LogP contribution >= 0.6 is 11.3 Å². The van der Waals surface area contributed by atoms with Gasteiger partial charge in [-0.1, -0.05) is 6.07 Å². The Bertz CT molecular complexity index is 588. The van der Waals surface area contributed by atoms with E-state index in [4.69, 9.17) is 4.42 Å². The molecule has 1 fully saturated rings. The van der Waals surface area contributed by atoms with Gasteiger partial charge in [-0.25, -0.2) is 0 Å². The molecule has 5 nitrogen and oxygen atoms in total. The maximum absolute atomic E-state index is 5.34. The van der Waals surface area contributed by atoms with E-state index in [9.17, 15) is 0 Å². The summed E-state index contributed by atoms with van der Waals surface area (Å²) in [6.07, 6.45) is 4.29. The van der Waals surface area contributed by atoms with Crippen molar-refractivity contribution in [2.45, 2.75) is 25.4 Å². The van der Waals surface area contributed by atoms with Gasteiger partial charge in [0.25, 0.3) is 0 Å². The largest absolute Gasteiger partial charge is 0.467 e. The zero-order valence-corrected chi connectivity index (χ0v) is 14.3. The zero-order chi connectivity index (χ0) is 15.9. The number of aliphatic imine (C=N–C) groups is 1. The highest BCUT2D eigenvalue weighted by molar-refractivity contribution is 7.10. The normalized spacial score (nSPS) is 17.3. The topological polar surface area (TPSA) is 52.8 Å². The summed E-state index contributed by atoms with van der Waals surface area (Å²) in [5, 5.41) is 8.91. The Kier molecular flexibility index (Phi) is 5.71. The smallest absolute Gasteiger partial charge is 0.191 e. The molecule has 0 spiro atoms. The fourth-order valence-corrected chi connectivity index (χ4v) is 3.80. The van der Waals surface area contributed by atoms with Gasteiger partial charge in [0.1, 0.15) is 5.76 Å². The van der Waals surface area contributed by atoms with Gasteiger partial charge in [0.05, 0.1) is 18.8 Å². The first-order valence-corrected chi connectivity index (χ1v) is 8.99. The van der Waals surface area contributed by atoms with Crippen LogP contribution in [0.3, 0.4) is 0 Å². The summed E-state index contributed by atoms with van der Waals surface area (Å²) in [5.41, 5.74) is 0. The Morgan fingerprint density at radius 1 is 1.30 bits per heavy atom. The van der Waals surface area contributed by atoms with Crippen LogP contribution in [0.5, 0.6) is 0 Å². The van der Waals surface area contributed by atoms with Crippen LogP contribution in [-0.2, 0) is 6.54 Å². The summed E-state index contributed by atoms with van der Waals surface area (Å²) in [6, 6.07) is 8.63. The van der Waals surface area contributed by atoms with Crippen LogP contribution in [-0.4, -0.2) is 37.5 Å². The Hall–Kier alpha value is -1.79. The summed E-state index contributed by atoms with van der Waals surface area (Å²) in [7, 11) is 1.80. The molecule has 23 heavy (non-hydrogen) atoms. The molecule has 2 N–H and O–H groups in total. The van der Waals surface area contributed by atoms with Crippen molar-refractivity contribution in [3.05, 3.63) is 46.5 Å². The number of thiophene rings is 1. The molecule has 2 aromatic rings. The first kappa shape index (κ1) is 16.1. The molecule has 0 saturated carbocycles. The Morgan fingerprint density at radius 2 is 2.17 bits per heavy atom. The lowest BCUT2D eigenvalue weighted by Gasteiger charge is -2.27. The number of hydrogen-bond acceptors (Lipinski definition) is 4. The van der Waals surface area contributed by atoms with Gasteiger partial charge in [-0.05, 0) is 49.5 Å². The molecule has 3 rings (SSSR count). The molecule has 0 bridgehead atoms. The van der Waals surface area contributed by atoms with Crippen molar-refractivity contribution in [2.75, 3.05) is 26.7 Å². The van der Waals surface area contributed by atoms with E-state index in [0.717, 1.165) is 18.3 Å². The number of nitrogens with one attached hydrogen (secondary N) is 2. The molecular weight excluding hydrogens is 308 g/mol. The number of guanidine groups is 1. The number of nitrogens with zero attached hydrogens (tertiary/aromatic N) is 2. The first-order chi connectivity index (χ1) is 11.4. The predicted octanol–water partition coefficient (Wildman–Crippen LogP) is 2.84. The standard InChI is InChI=1S/C17H24N4OS/c1-18-17(19-12-14-6-4-10-22-14)20-13-15(16-7-5-11-23-16)21-8-2-3-9-21/h4-7,10-11,15H,2-3,8-9,12-13H2,1H3,(H2,18,19,20). The molecule has 0 aliphatic carbocycles. The second-order valence-electron chi connectivity index (χ2n) is 5.66. The quantitative estimate of drug-likeness (QED) is 0.631. The van der Waals surface area contributed by atoms with E-state index in [-0.39, 0.29) is 0 Å². The summed E-state index contributed by atoms with van der Waals surface area (Å²) < 4.78 is 5.34. The summed E-state index contributed by atoms with van der Waals surface area (Å²) in [4.78, 5) is 8.29. The van der Waals surface area contributed by atoms with Gasteiger partial charge in [-0.3, -0.25) is 9.89 Å². The lowest BCUT2D eigenvalue weighted by Crippen LogP contribution is -2.42. The highest BCUT2D eigenvalue weighted by Gasteiger charge is 2.24. The molecule has 1 aliphatic heterocycles. The third kappa shape index (κ3) is 4.36. The van der Waals surface area contributed by atoms with Crippen molar-refractivity contribution in [3.8, 4) is 0 Å². The Labute approximate surface area is 141 Å². The summed E-state index contributed by atoms with van der Waals surface area (Å²) >= 11 is 1.83. The van der Waals surface area contributed by atoms with E-state index < -0.39 is 0 Å². The number of likely N-dealkylation sites (tertiary alicyclic amines) is 1. The predicted molar refractivity (Wildman–Crippen MR) is 94.8 cm³/mol. The zero-order valence-electron chi connectivity index (χ0n) is 13.5. The van der Waals surface area contributed by atoms with Crippen LogP contribution in [0, 0.1) is 0 Å². The van der Waals surface area contributed by atoms with Crippen molar-refractivity contribution in [3.63, 3.8) is 0 Å². The Morgan fingerprint density at radius 3 is 2.83 bits per heavy atom. The highest BCUT2D eigenvalue weighted by Crippen LogP contribution is 2.27. The van der Waals surface area contributed by atoms with Gasteiger partial charge < -0.3 is 15.1 Å². The molecule has 0 amide bonds. The van der Waals surface area contributed by atoms with E-state index in [2.05, 4.69) is 38.0 Å². The van der Waals surface area contributed by atoms with Gasteiger partial charge in [-0.2, -0.15) is 0 Å². The van der Waals surface area contributed by atoms with Crippen molar-refractivity contribution < 1.29 is 4.42 Å². The van der Waals surface area contributed by atoms with Gasteiger partial charge in [0, 0.05) is 18.5 Å². The van der Waals surface area contributed by atoms with Crippen molar-refractivity contribution in [2.24, 2.45) is 4.99 Å². The molecule has 1 saturated heterocycles. The van der Waals surface area contributed by atoms with Gasteiger partial charge in [0.15, 0.2) is 5.96 Å². The van der Waals surface area contributed by atoms with E-state index >= 15 is 0 Å². The third-order valence-electron chi connectivity index (χ3n) is 4.15. The average Bonchev–Trinajstić information content (AvgIpc) is 3.34. The number of hydrogen-bond donors (Lipinski definition) is 2. The molecule has 2 aromatic heterocycles. The number of furan rings is 1. The molecule has 3 heterocycles. The molecule has 124 valence electrons. The van der Waals surface area contributed by atoms with Crippen molar-refractivity contribution in [1.29, 1.82) is 0 Å². The third-order valence-corrected chi connectivity index (χ3v) is 5.12. The second kappa shape index (κ2) is 8.17. The minimum Gasteiger partial charge on any atom is -0.467 e. The minimum absolute atomic E-state index is 0.416. The lowest BCUT2D eigenvalue weighted by atomic mass is 10.2. The fraction of sp³-hybridized carbons (Fsp3) is 0.471. The first-order valence-electron chi connectivity index (χ1n) is 8.11. The maximum Gasteiger partial charge on any atom is 0.191 e. The van der Waals surface area contributed by atoms with E-state index in [0.29, 0.717) is 12.6 Å². The van der Waals surface area contributed by atoms with Gasteiger partial charge in [-0.15, -0.1) is 11.3 Å². The second-order valence-corrected chi connectivity index (χ2v) is 6.64. The molecule has 0 radical (unpaired) electrons. The SMILES string of the molecule is CN=C(NCc1ccco1)NCC(c1cccs1)N1CCCC1. The lowest BCUT2D eigenvalue weighted by molar-refractivity contribution is 0.249. The minimum atomic E-state index is 0.416. The van der Waals surface area contributed by atoms with Crippen LogP contribution < -0.4 is 10.6 Å². The number of rotatable bonds is 6. The van der Waals surface area contributed by atoms with Crippen LogP contribution in [0.4, 0.5) is 0 Å². The summed E-state index contributed by atoms with van der Waals surface area (Å²) in [6.45, 7) is 3.86. The maximum atomic E-state index is 5.34. The fourth-order valence-electron chi connectivity index (χ4n) is 2.94. The Balaban J connectivity index is 1.56. The molecule has 1 atom stereocenters. The molecule has 6 heteroatoms.